The maximum atomic E-state index is 13.2. The fourth-order valence-electron chi connectivity index (χ4n) is 3.73. The van der Waals surface area contributed by atoms with Crippen molar-refractivity contribution < 1.29 is 14.3 Å². The zero-order chi connectivity index (χ0) is 25.2. The summed E-state index contributed by atoms with van der Waals surface area (Å²) < 4.78 is 5.88. The zero-order valence-electron chi connectivity index (χ0n) is 20.2. The number of ether oxygens (including phenoxy) is 1. The number of aryl methyl sites for hydroxylation is 1. The van der Waals surface area contributed by atoms with Crippen LogP contribution in [0.3, 0.4) is 0 Å². The third-order valence-electron chi connectivity index (χ3n) is 5.51. The molecule has 2 N–H and O–H groups in total. The highest BCUT2D eigenvalue weighted by Crippen LogP contribution is 2.25. The lowest BCUT2D eigenvalue weighted by Gasteiger charge is -2.24. The Bertz CT molecular complexity index is 1280. The van der Waals surface area contributed by atoms with Crippen molar-refractivity contribution in [1.29, 1.82) is 0 Å². The molecule has 0 radical (unpaired) electrons. The first-order valence-corrected chi connectivity index (χ1v) is 11.9. The van der Waals surface area contributed by atoms with Crippen LogP contribution in [0.4, 0.5) is 16.2 Å². The molecule has 4 aromatic carbocycles. The molecule has 0 bridgehead atoms. The Morgan fingerprint density at radius 1 is 0.778 bits per heavy atom. The van der Waals surface area contributed by atoms with Gasteiger partial charge in [-0.3, -0.25) is 9.69 Å². The van der Waals surface area contributed by atoms with Crippen molar-refractivity contribution in [3.05, 3.63) is 120 Å². The second-order valence-corrected chi connectivity index (χ2v) is 8.37. The second-order valence-electron chi connectivity index (χ2n) is 8.37. The number of nitrogens with zero attached hydrogens (tertiary/aromatic N) is 1. The van der Waals surface area contributed by atoms with Gasteiger partial charge in [-0.25, -0.2) is 4.79 Å². The van der Waals surface area contributed by atoms with Crippen molar-refractivity contribution in [3.63, 3.8) is 0 Å². The summed E-state index contributed by atoms with van der Waals surface area (Å²) in [5, 5.41) is 5.87. The lowest BCUT2D eigenvalue weighted by Crippen LogP contribution is -2.41. The summed E-state index contributed by atoms with van der Waals surface area (Å²) in [5.74, 6) is 1.31. The number of para-hydroxylation sites is 1. The van der Waals surface area contributed by atoms with Crippen LogP contribution in [0.25, 0.3) is 0 Å². The van der Waals surface area contributed by atoms with E-state index in [0.29, 0.717) is 36.6 Å². The molecule has 0 spiro atoms. The average Bonchev–Trinajstić information content (AvgIpc) is 2.88. The number of carbonyl (C=O) groups excluding carboxylic acids is 2. The van der Waals surface area contributed by atoms with Gasteiger partial charge < -0.3 is 15.4 Å². The zero-order valence-corrected chi connectivity index (χ0v) is 20.2. The van der Waals surface area contributed by atoms with Crippen molar-refractivity contribution in [2.45, 2.75) is 13.3 Å². The Morgan fingerprint density at radius 2 is 1.44 bits per heavy atom. The smallest absolute Gasteiger partial charge is 0.326 e. The second kappa shape index (κ2) is 12.2. The van der Waals surface area contributed by atoms with Crippen LogP contribution in [0.2, 0.25) is 0 Å². The molecule has 36 heavy (non-hydrogen) atoms. The van der Waals surface area contributed by atoms with E-state index in [2.05, 4.69) is 10.6 Å². The van der Waals surface area contributed by atoms with Gasteiger partial charge in [-0.05, 0) is 66.6 Å². The van der Waals surface area contributed by atoms with Gasteiger partial charge in [0.05, 0.1) is 6.42 Å². The highest BCUT2D eigenvalue weighted by Gasteiger charge is 2.17. The van der Waals surface area contributed by atoms with Gasteiger partial charge in [0.15, 0.2) is 0 Å². The first kappa shape index (κ1) is 24.5. The molecule has 4 aromatic rings. The minimum atomic E-state index is -0.283. The first-order chi connectivity index (χ1) is 17.6. The van der Waals surface area contributed by atoms with E-state index in [1.165, 1.54) is 0 Å². The van der Waals surface area contributed by atoms with Crippen LogP contribution in [0, 0.1) is 6.92 Å². The van der Waals surface area contributed by atoms with E-state index < -0.39 is 0 Å². The predicted octanol–water partition coefficient (Wildman–Crippen LogP) is 6.18. The molecule has 0 aromatic heterocycles. The molecule has 6 nitrogen and oxygen atoms in total. The molecule has 182 valence electrons. The maximum absolute atomic E-state index is 13.2. The van der Waals surface area contributed by atoms with Crippen molar-refractivity contribution in [1.82, 2.24) is 5.32 Å². The molecule has 0 aliphatic heterocycles. The number of nitrogens with one attached hydrogen (secondary N) is 2. The number of anilines is 2. The van der Waals surface area contributed by atoms with Gasteiger partial charge in [-0.2, -0.15) is 0 Å². The van der Waals surface area contributed by atoms with E-state index >= 15 is 0 Å². The van der Waals surface area contributed by atoms with E-state index in [1.54, 1.807) is 4.90 Å². The van der Waals surface area contributed by atoms with Crippen LogP contribution < -0.4 is 20.3 Å². The highest BCUT2D eigenvalue weighted by atomic mass is 16.5. The SMILES string of the molecule is Cc1cccc(NC(=O)N(CCNC(=O)Cc2ccccc2)c2ccc(Oc3ccccc3)cc2)c1. The topological polar surface area (TPSA) is 70.7 Å². The first-order valence-electron chi connectivity index (χ1n) is 11.9. The summed E-state index contributed by atoms with van der Waals surface area (Å²) in [6, 6.07) is 33.7. The number of carbonyl (C=O) groups is 2. The van der Waals surface area contributed by atoms with Gasteiger partial charge in [0.25, 0.3) is 0 Å². The Balaban J connectivity index is 1.44. The third kappa shape index (κ3) is 7.21. The van der Waals surface area contributed by atoms with E-state index in [0.717, 1.165) is 16.9 Å². The van der Waals surface area contributed by atoms with E-state index in [9.17, 15) is 9.59 Å². The molecule has 0 unspecified atom stereocenters. The van der Waals surface area contributed by atoms with E-state index in [-0.39, 0.29) is 11.9 Å². The number of benzene rings is 4. The summed E-state index contributed by atoms with van der Waals surface area (Å²) in [6.07, 6.45) is 0.294. The van der Waals surface area contributed by atoms with Gasteiger partial charge in [-0.1, -0.05) is 60.7 Å². The molecule has 0 fully saturated rings. The summed E-state index contributed by atoms with van der Waals surface area (Å²) in [6.45, 7) is 2.59. The third-order valence-corrected chi connectivity index (χ3v) is 5.51. The Kier molecular flexibility index (Phi) is 8.33. The lowest BCUT2D eigenvalue weighted by molar-refractivity contribution is -0.120. The maximum Gasteiger partial charge on any atom is 0.326 e. The molecule has 6 heteroatoms. The molecule has 0 saturated heterocycles. The van der Waals surface area contributed by atoms with E-state index in [4.69, 9.17) is 4.74 Å². The number of urea groups is 1. The molecule has 3 amide bonds. The summed E-state index contributed by atoms with van der Waals surface area (Å²) in [7, 11) is 0. The fourth-order valence-corrected chi connectivity index (χ4v) is 3.73. The molecule has 4 rings (SSSR count). The molecular weight excluding hydrogens is 450 g/mol. The molecule has 0 aliphatic carbocycles. The number of amides is 3. The molecule has 0 saturated carbocycles. The van der Waals surface area contributed by atoms with Crippen LogP contribution in [-0.2, 0) is 11.2 Å². The predicted molar refractivity (Wildman–Crippen MR) is 144 cm³/mol. The normalized spacial score (nSPS) is 10.4. The Labute approximate surface area is 211 Å². The van der Waals surface area contributed by atoms with Crippen molar-refractivity contribution in [2.24, 2.45) is 0 Å². The lowest BCUT2D eigenvalue weighted by atomic mass is 10.1. The number of hydrogen-bond acceptors (Lipinski definition) is 3. The van der Waals surface area contributed by atoms with E-state index in [1.807, 2.05) is 116 Å². The molecule has 0 heterocycles. The van der Waals surface area contributed by atoms with Crippen molar-refractivity contribution in [3.8, 4) is 11.5 Å². The molecule has 0 aliphatic rings. The number of hydrogen-bond donors (Lipinski definition) is 2. The number of rotatable bonds is 9. The quantitative estimate of drug-likeness (QED) is 0.301. The summed E-state index contributed by atoms with van der Waals surface area (Å²) in [4.78, 5) is 27.2. The largest absolute Gasteiger partial charge is 0.457 e. The van der Waals surface area contributed by atoms with Gasteiger partial charge in [-0.15, -0.1) is 0 Å². The van der Waals surface area contributed by atoms with Crippen LogP contribution in [0.5, 0.6) is 11.5 Å². The van der Waals surface area contributed by atoms with Gasteiger partial charge in [0.2, 0.25) is 5.91 Å². The van der Waals surface area contributed by atoms with Crippen LogP contribution in [0.15, 0.2) is 109 Å². The molecular formula is C30H29N3O3. The van der Waals surface area contributed by atoms with Crippen molar-refractivity contribution >= 4 is 23.3 Å². The van der Waals surface area contributed by atoms with Crippen molar-refractivity contribution in [2.75, 3.05) is 23.3 Å². The average molecular weight is 480 g/mol. The highest BCUT2D eigenvalue weighted by molar-refractivity contribution is 6.01. The van der Waals surface area contributed by atoms with Gasteiger partial charge >= 0.3 is 6.03 Å². The summed E-state index contributed by atoms with van der Waals surface area (Å²) >= 11 is 0. The minimum absolute atomic E-state index is 0.0909. The fraction of sp³-hybridized carbons (Fsp3) is 0.133. The van der Waals surface area contributed by atoms with Crippen LogP contribution in [0.1, 0.15) is 11.1 Å². The Morgan fingerprint density at radius 3 is 2.14 bits per heavy atom. The Hall–Kier alpha value is -4.58. The van der Waals surface area contributed by atoms with Crippen LogP contribution in [-0.4, -0.2) is 25.0 Å². The monoisotopic (exact) mass is 479 g/mol. The minimum Gasteiger partial charge on any atom is -0.457 e. The van der Waals surface area contributed by atoms with Crippen LogP contribution >= 0.6 is 0 Å². The summed E-state index contributed by atoms with van der Waals surface area (Å²) in [5.41, 5.74) is 3.40. The molecule has 0 atom stereocenters. The standard InChI is InChI=1S/C30H29N3O3/c1-23-9-8-12-25(21-23)32-30(35)33(20-19-31-29(34)22-24-10-4-2-5-11-24)26-15-17-28(18-16-26)36-27-13-6-3-7-14-27/h2-18,21H,19-20,22H2,1H3,(H,31,34)(H,32,35). The van der Waals surface area contributed by atoms with Gasteiger partial charge in [0, 0.05) is 24.5 Å². The van der Waals surface area contributed by atoms with Gasteiger partial charge in [0.1, 0.15) is 11.5 Å².